The maximum atomic E-state index is 13.0. The van der Waals surface area contributed by atoms with E-state index >= 15 is 0 Å². The van der Waals surface area contributed by atoms with Gasteiger partial charge in [-0.25, -0.2) is 12.7 Å². The molecule has 0 saturated carbocycles. The van der Waals surface area contributed by atoms with Gasteiger partial charge in [0, 0.05) is 38.6 Å². The van der Waals surface area contributed by atoms with Crippen LogP contribution in [0.2, 0.25) is 0 Å². The molecular weight excluding hydrogens is 446 g/mol. The van der Waals surface area contributed by atoms with Gasteiger partial charge in [0.15, 0.2) is 0 Å². The van der Waals surface area contributed by atoms with Crippen LogP contribution in [0, 0.1) is 0 Å². The van der Waals surface area contributed by atoms with E-state index in [4.69, 9.17) is 4.42 Å². The highest BCUT2D eigenvalue weighted by molar-refractivity contribution is 7.89. The Kier molecular flexibility index (Phi) is 5.88. The van der Waals surface area contributed by atoms with E-state index in [0.29, 0.717) is 11.3 Å². The molecule has 0 spiro atoms. The van der Waals surface area contributed by atoms with Gasteiger partial charge in [-0.1, -0.05) is 6.07 Å². The molecule has 0 radical (unpaired) electrons. The summed E-state index contributed by atoms with van der Waals surface area (Å²) in [5.41, 5.74) is 0.764. The monoisotopic (exact) mass is 467 g/mol. The van der Waals surface area contributed by atoms with Gasteiger partial charge >= 0.3 is 0 Å². The Labute approximate surface area is 190 Å². The molecule has 1 aliphatic heterocycles. The molecule has 0 bridgehead atoms. The first kappa shape index (κ1) is 22.4. The average Bonchev–Trinajstić information content (AvgIpc) is 3.42. The van der Waals surface area contributed by atoms with Gasteiger partial charge in [-0.05, 0) is 48.0 Å². The van der Waals surface area contributed by atoms with Gasteiger partial charge in [0.05, 0.1) is 16.7 Å². The highest BCUT2D eigenvalue weighted by Crippen LogP contribution is 2.40. The molecule has 2 aromatic heterocycles. The molecule has 1 saturated heterocycles. The number of nitrogens with zero attached hydrogens (tertiary/aromatic N) is 3. The maximum absolute atomic E-state index is 13.0. The number of furan rings is 1. The first-order chi connectivity index (χ1) is 15.7. The number of sulfonamides is 1. The largest absolute Gasteiger partial charge is 0.507 e. The minimum absolute atomic E-state index is 0.0312. The standard InChI is InChI=1S/C23H21N3O6S/c1-25(2)33(30,31)17-9-7-16(8-10-17)21(27)19-20(18-6-4-12-32-18)26(23(29)22(19)28)14-15-5-3-11-24-13-15/h3-13,20,27H,14H2,1-2H3/b21-19+. The Morgan fingerprint density at radius 2 is 1.85 bits per heavy atom. The third-order valence-corrected chi connectivity index (χ3v) is 7.16. The van der Waals surface area contributed by atoms with Gasteiger partial charge in [-0.3, -0.25) is 14.6 Å². The molecule has 9 nitrogen and oxygen atoms in total. The van der Waals surface area contributed by atoms with Crippen molar-refractivity contribution in [2.45, 2.75) is 17.5 Å². The molecule has 10 heteroatoms. The van der Waals surface area contributed by atoms with Crippen LogP contribution >= 0.6 is 0 Å². The fourth-order valence-corrected chi connectivity index (χ4v) is 4.53. The van der Waals surface area contributed by atoms with E-state index in [-0.39, 0.29) is 22.6 Å². The first-order valence-electron chi connectivity index (χ1n) is 9.95. The van der Waals surface area contributed by atoms with Crippen molar-refractivity contribution < 1.29 is 27.5 Å². The molecule has 33 heavy (non-hydrogen) atoms. The maximum Gasteiger partial charge on any atom is 0.296 e. The number of aromatic nitrogens is 1. The molecule has 1 atom stereocenters. The topological polar surface area (TPSA) is 121 Å². The van der Waals surface area contributed by atoms with Crippen LogP contribution in [0.25, 0.3) is 5.76 Å². The van der Waals surface area contributed by atoms with Crippen LogP contribution < -0.4 is 0 Å². The van der Waals surface area contributed by atoms with Gasteiger partial charge in [0.25, 0.3) is 11.7 Å². The van der Waals surface area contributed by atoms with Gasteiger partial charge < -0.3 is 14.4 Å². The molecule has 1 aromatic carbocycles. The van der Waals surface area contributed by atoms with E-state index in [0.717, 1.165) is 4.31 Å². The molecule has 1 amide bonds. The van der Waals surface area contributed by atoms with Gasteiger partial charge in [0.1, 0.15) is 17.6 Å². The summed E-state index contributed by atoms with van der Waals surface area (Å²) in [6.07, 6.45) is 4.60. The van der Waals surface area contributed by atoms with Crippen LogP contribution in [0.15, 0.2) is 82.1 Å². The summed E-state index contributed by atoms with van der Waals surface area (Å²) < 4.78 is 31.2. The third-order valence-electron chi connectivity index (χ3n) is 5.33. The van der Waals surface area contributed by atoms with E-state index in [2.05, 4.69) is 4.98 Å². The molecule has 0 aliphatic carbocycles. The summed E-state index contributed by atoms with van der Waals surface area (Å²) in [5.74, 6) is -1.75. The number of aliphatic hydroxyl groups excluding tert-OH is 1. The normalized spacial score (nSPS) is 18.3. The lowest BCUT2D eigenvalue weighted by molar-refractivity contribution is -0.140. The summed E-state index contributed by atoms with van der Waals surface area (Å²) >= 11 is 0. The predicted molar refractivity (Wildman–Crippen MR) is 118 cm³/mol. The predicted octanol–water partition coefficient (Wildman–Crippen LogP) is 2.55. The Bertz CT molecular complexity index is 1310. The van der Waals surface area contributed by atoms with Crippen LogP contribution in [-0.4, -0.2) is 53.5 Å². The summed E-state index contributed by atoms with van der Waals surface area (Å²) in [4.78, 5) is 31.3. The Morgan fingerprint density at radius 1 is 1.12 bits per heavy atom. The number of hydrogen-bond donors (Lipinski definition) is 1. The fraction of sp³-hybridized carbons (Fsp3) is 0.174. The number of rotatable bonds is 6. The Morgan fingerprint density at radius 3 is 2.42 bits per heavy atom. The van der Waals surface area contributed by atoms with Gasteiger partial charge in [-0.2, -0.15) is 0 Å². The second-order valence-corrected chi connectivity index (χ2v) is 9.77. The minimum atomic E-state index is -3.66. The lowest BCUT2D eigenvalue weighted by atomic mass is 9.99. The molecule has 3 aromatic rings. The molecule has 4 rings (SSSR count). The second kappa shape index (κ2) is 8.64. The van der Waals surface area contributed by atoms with Crippen LogP contribution in [0.5, 0.6) is 0 Å². The zero-order chi connectivity index (χ0) is 23.8. The van der Waals surface area contributed by atoms with Crippen molar-refractivity contribution in [1.29, 1.82) is 0 Å². The zero-order valence-corrected chi connectivity index (χ0v) is 18.7. The number of Topliss-reactive ketones (excluding diaryl/α,β-unsaturated/α-hetero) is 1. The molecule has 1 unspecified atom stereocenters. The van der Waals surface area contributed by atoms with E-state index in [1.807, 2.05) is 0 Å². The van der Waals surface area contributed by atoms with Crippen LogP contribution in [0.3, 0.4) is 0 Å². The smallest absolute Gasteiger partial charge is 0.296 e. The van der Waals surface area contributed by atoms with Crippen molar-refractivity contribution in [2.75, 3.05) is 14.1 Å². The number of benzene rings is 1. The molecule has 3 heterocycles. The van der Waals surface area contributed by atoms with E-state index < -0.39 is 33.5 Å². The molecular formula is C23H21N3O6S. The summed E-state index contributed by atoms with van der Waals surface area (Å²) in [5, 5.41) is 11.0. The molecule has 1 N–H and O–H groups in total. The first-order valence-corrected chi connectivity index (χ1v) is 11.4. The number of hydrogen-bond acceptors (Lipinski definition) is 7. The van der Waals surface area contributed by atoms with E-state index in [1.54, 1.807) is 36.7 Å². The van der Waals surface area contributed by atoms with Crippen molar-refractivity contribution in [1.82, 2.24) is 14.2 Å². The van der Waals surface area contributed by atoms with Crippen LogP contribution in [0.4, 0.5) is 0 Å². The van der Waals surface area contributed by atoms with Gasteiger partial charge in [0.2, 0.25) is 10.0 Å². The SMILES string of the molecule is CN(C)S(=O)(=O)c1ccc(/C(O)=C2\C(=O)C(=O)N(Cc3cccnc3)C2c2ccco2)cc1. The summed E-state index contributed by atoms with van der Waals surface area (Å²) in [7, 11) is -0.836. The summed E-state index contributed by atoms with van der Waals surface area (Å²) in [6, 6.07) is 11.2. The number of aliphatic hydroxyl groups is 1. The van der Waals surface area contributed by atoms with Crippen molar-refractivity contribution in [3.8, 4) is 0 Å². The lowest BCUT2D eigenvalue weighted by Crippen LogP contribution is -2.29. The van der Waals surface area contributed by atoms with E-state index in [1.165, 1.54) is 49.5 Å². The number of carbonyl (C=O) groups is 2. The van der Waals surface area contributed by atoms with Crippen LogP contribution in [0.1, 0.15) is 22.9 Å². The Balaban J connectivity index is 1.79. The number of amides is 1. The van der Waals surface area contributed by atoms with Crippen molar-refractivity contribution in [2.24, 2.45) is 0 Å². The number of likely N-dealkylation sites (tertiary alicyclic amines) is 1. The second-order valence-electron chi connectivity index (χ2n) is 7.62. The minimum Gasteiger partial charge on any atom is -0.507 e. The molecule has 1 fully saturated rings. The number of ketones is 1. The quantitative estimate of drug-likeness (QED) is 0.336. The highest BCUT2D eigenvalue weighted by atomic mass is 32.2. The molecule has 1 aliphatic rings. The lowest BCUT2D eigenvalue weighted by Gasteiger charge is -2.23. The van der Waals surface area contributed by atoms with Crippen molar-refractivity contribution in [3.63, 3.8) is 0 Å². The highest BCUT2D eigenvalue weighted by Gasteiger charge is 2.47. The summed E-state index contributed by atoms with van der Waals surface area (Å²) in [6.45, 7) is 0.0839. The molecule has 170 valence electrons. The zero-order valence-electron chi connectivity index (χ0n) is 17.9. The average molecular weight is 468 g/mol. The van der Waals surface area contributed by atoms with Crippen LogP contribution in [-0.2, 0) is 26.2 Å². The number of pyridine rings is 1. The van der Waals surface area contributed by atoms with Gasteiger partial charge in [-0.15, -0.1) is 0 Å². The number of carbonyl (C=O) groups excluding carboxylic acids is 2. The third kappa shape index (κ3) is 4.06. The van der Waals surface area contributed by atoms with Crippen molar-refractivity contribution >= 4 is 27.5 Å². The van der Waals surface area contributed by atoms with Crippen molar-refractivity contribution in [3.05, 3.63) is 89.6 Å². The fourth-order valence-electron chi connectivity index (χ4n) is 3.63. The van der Waals surface area contributed by atoms with E-state index in [9.17, 15) is 23.1 Å². The Hall–Kier alpha value is -3.76.